The van der Waals surface area contributed by atoms with Crippen LogP contribution in [0, 0.1) is 6.07 Å². The fourth-order valence-electron chi connectivity index (χ4n) is 0.641. The summed E-state index contributed by atoms with van der Waals surface area (Å²) in [6, 6.07) is 9.47. The van der Waals surface area contributed by atoms with E-state index in [9.17, 15) is 4.79 Å². The Morgan fingerprint density at radius 2 is 1.92 bits per heavy atom. The van der Waals surface area contributed by atoms with Crippen LogP contribution in [0.15, 0.2) is 24.3 Å². The number of esters is 1. The van der Waals surface area contributed by atoms with Crippen molar-refractivity contribution in [3.63, 3.8) is 0 Å². The van der Waals surface area contributed by atoms with Gasteiger partial charge in [0, 0.05) is 0 Å². The van der Waals surface area contributed by atoms with Crippen LogP contribution >= 0.6 is 0 Å². The van der Waals surface area contributed by atoms with Crippen LogP contribution in [0.25, 0.3) is 0 Å². The molecule has 0 atom stereocenters. The van der Waals surface area contributed by atoms with E-state index in [0.29, 0.717) is 5.56 Å². The van der Waals surface area contributed by atoms with Crippen LogP contribution in [-0.4, -0.2) is 36.1 Å². The minimum atomic E-state index is -0.311. The number of hydrogen-bond acceptors (Lipinski definition) is 2. The monoisotopic (exact) mass is 194 g/mol. The van der Waals surface area contributed by atoms with E-state index >= 15 is 0 Å². The van der Waals surface area contributed by atoms with E-state index < -0.39 is 0 Å². The van der Waals surface area contributed by atoms with Crippen molar-refractivity contribution >= 4 is 29.0 Å². The van der Waals surface area contributed by atoms with E-state index in [1.807, 2.05) is 0 Å². The number of hydrogen-bond donors (Lipinski definition) is 0. The third-order valence-corrected chi connectivity index (χ3v) is 1.14. The van der Waals surface area contributed by atoms with E-state index in [2.05, 4.69) is 10.8 Å². The predicted molar refractivity (Wildman–Crippen MR) is 42.4 cm³/mol. The second kappa shape index (κ2) is 7.40. The summed E-state index contributed by atoms with van der Waals surface area (Å²) in [5.74, 6) is -0.311. The molecule has 1 aromatic rings. The summed E-state index contributed by atoms with van der Waals surface area (Å²) in [7, 11) is 1.36. The molecule has 0 N–H and O–H groups in total. The zero-order chi connectivity index (χ0) is 7.40. The molecule has 0 aliphatic carbocycles. The van der Waals surface area contributed by atoms with Crippen LogP contribution in [0.4, 0.5) is 0 Å². The molecule has 0 amide bonds. The first-order chi connectivity index (χ1) is 4.84. The molecule has 1 aromatic carbocycles. The topological polar surface area (TPSA) is 26.3 Å². The molecular formula is C8H7ClMgO2. The van der Waals surface area contributed by atoms with Crippen LogP contribution in [0.3, 0.4) is 0 Å². The number of benzene rings is 1. The first kappa shape index (κ1) is 14.3. The van der Waals surface area contributed by atoms with Crippen molar-refractivity contribution in [3.05, 3.63) is 35.9 Å². The van der Waals surface area contributed by atoms with E-state index in [1.54, 1.807) is 24.3 Å². The Labute approximate surface area is 93.9 Å². The average molecular weight is 195 g/mol. The Kier molecular flexibility index (Phi) is 8.80. The van der Waals surface area contributed by atoms with Gasteiger partial charge in [0.05, 0.1) is 7.11 Å². The fraction of sp³-hybridized carbons (Fsp3) is 0.125. The Morgan fingerprint density at radius 3 is 2.33 bits per heavy atom. The predicted octanol–water partition coefficient (Wildman–Crippen LogP) is -2.10. The summed E-state index contributed by atoms with van der Waals surface area (Å²) in [4.78, 5) is 10.8. The average Bonchev–Trinajstić information content (AvgIpc) is 2.05. The first-order valence-corrected chi connectivity index (χ1v) is 2.89. The Morgan fingerprint density at radius 1 is 1.42 bits per heavy atom. The standard InChI is InChI=1S/C8H7O2.ClH.Mg/c1-10-8(9)7-5-3-2-4-6-7;;/h3-6H,1H3;1H;/q-1;;+2/p-1. The number of carbonyl (C=O) groups is 1. The molecule has 60 valence electrons. The molecule has 0 bridgehead atoms. The van der Waals surface area contributed by atoms with Crippen molar-refractivity contribution in [2.45, 2.75) is 0 Å². The largest absolute Gasteiger partial charge is 2.00 e. The van der Waals surface area contributed by atoms with Gasteiger partial charge in [-0.2, -0.15) is 30.3 Å². The molecule has 0 spiro atoms. The summed E-state index contributed by atoms with van der Waals surface area (Å²) in [6.45, 7) is 0. The van der Waals surface area contributed by atoms with E-state index in [4.69, 9.17) is 0 Å². The van der Waals surface area contributed by atoms with Gasteiger partial charge in [-0.05, 0) is 5.56 Å². The molecule has 0 aliphatic rings. The van der Waals surface area contributed by atoms with Gasteiger partial charge in [-0.25, -0.2) is 4.79 Å². The molecule has 1 rings (SSSR count). The molecule has 0 saturated heterocycles. The smallest absolute Gasteiger partial charge is 1.00 e. The quantitative estimate of drug-likeness (QED) is 0.291. The van der Waals surface area contributed by atoms with Gasteiger partial charge in [-0.1, -0.05) is 0 Å². The van der Waals surface area contributed by atoms with Crippen LogP contribution in [0.1, 0.15) is 10.4 Å². The second-order valence-electron chi connectivity index (χ2n) is 1.78. The van der Waals surface area contributed by atoms with Crippen LogP contribution in [-0.2, 0) is 4.74 Å². The molecule has 0 saturated carbocycles. The van der Waals surface area contributed by atoms with Gasteiger partial charge in [-0.3, -0.25) is 0 Å². The van der Waals surface area contributed by atoms with Gasteiger partial charge in [0.1, 0.15) is 0 Å². The number of methoxy groups -OCH3 is 1. The maximum Gasteiger partial charge on any atom is 2.00 e. The van der Waals surface area contributed by atoms with Gasteiger partial charge in [0.2, 0.25) is 0 Å². The summed E-state index contributed by atoms with van der Waals surface area (Å²) < 4.78 is 4.48. The number of carbonyl (C=O) groups excluding carboxylic acids is 1. The minimum Gasteiger partial charge on any atom is -1.00 e. The third kappa shape index (κ3) is 3.95. The summed E-state index contributed by atoms with van der Waals surface area (Å²) >= 11 is 0. The van der Waals surface area contributed by atoms with Crippen LogP contribution in [0.2, 0.25) is 0 Å². The molecule has 0 aromatic heterocycles. The van der Waals surface area contributed by atoms with Crippen molar-refractivity contribution in [1.82, 2.24) is 0 Å². The molecule has 0 radical (unpaired) electrons. The normalized spacial score (nSPS) is 7.42. The van der Waals surface area contributed by atoms with Gasteiger partial charge in [-0.15, -0.1) is 0 Å². The molecule has 0 unspecified atom stereocenters. The van der Waals surface area contributed by atoms with Crippen molar-refractivity contribution in [2.24, 2.45) is 0 Å². The first-order valence-electron chi connectivity index (χ1n) is 2.89. The minimum absolute atomic E-state index is 0. The molecule has 0 heterocycles. The molecule has 4 heteroatoms. The maximum atomic E-state index is 10.8. The Hall–Kier alpha value is -0.254. The maximum absolute atomic E-state index is 10.8. The third-order valence-electron chi connectivity index (χ3n) is 1.14. The van der Waals surface area contributed by atoms with Crippen molar-refractivity contribution in [1.29, 1.82) is 0 Å². The van der Waals surface area contributed by atoms with Crippen LogP contribution in [0.5, 0.6) is 0 Å². The number of rotatable bonds is 1. The number of halogens is 1. The SMILES string of the molecule is COC(=O)c1cc[c-]cc1.[Cl-].[Mg+2]. The molecule has 2 nitrogen and oxygen atoms in total. The van der Waals surface area contributed by atoms with Gasteiger partial charge in [0.25, 0.3) is 0 Å². The Balaban J connectivity index is 0. The molecular weight excluding hydrogens is 188 g/mol. The van der Waals surface area contributed by atoms with Gasteiger partial charge >= 0.3 is 29.0 Å². The van der Waals surface area contributed by atoms with Crippen molar-refractivity contribution in [2.75, 3.05) is 7.11 Å². The number of ether oxygens (including phenoxy) is 1. The fourth-order valence-corrected chi connectivity index (χ4v) is 0.641. The zero-order valence-electron chi connectivity index (χ0n) is 6.71. The van der Waals surface area contributed by atoms with Crippen molar-refractivity contribution < 1.29 is 21.9 Å². The van der Waals surface area contributed by atoms with Gasteiger partial charge in [0.15, 0.2) is 0 Å². The van der Waals surface area contributed by atoms with Crippen molar-refractivity contribution in [3.8, 4) is 0 Å². The van der Waals surface area contributed by atoms with Gasteiger partial charge < -0.3 is 17.1 Å². The van der Waals surface area contributed by atoms with E-state index in [-0.39, 0.29) is 41.4 Å². The second-order valence-corrected chi connectivity index (χ2v) is 1.78. The van der Waals surface area contributed by atoms with E-state index in [1.165, 1.54) is 7.11 Å². The molecule has 12 heavy (non-hydrogen) atoms. The van der Waals surface area contributed by atoms with Crippen LogP contribution < -0.4 is 12.4 Å². The molecule has 0 fully saturated rings. The van der Waals surface area contributed by atoms with E-state index in [0.717, 1.165) is 0 Å². The summed E-state index contributed by atoms with van der Waals surface area (Å²) in [5, 5.41) is 0. The summed E-state index contributed by atoms with van der Waals surface area (Å²) in [5.41, 5.74) is 0.557. The zero-order valence-corrected chi connectivity index (χ0v) is 8.88. The molecule has 0 aliphatic heterocycles. The Bertz CT molecular complexity index is 226. The summed E-state index contributed by atoms with van der Waals surface area (Å²) in [6.07, 6.45) is 0.